The molecule has 0 spiro atoms. The van der Waals surface area contributed by atoms with Crippen molar-refractivity contribution >= 4 is 44.9 Å². The number of carbonyl (C=O) groups is 2. The first kappa shape index (κ1) is 22.2. The Labute approximate surface area is 174 Å². The second-order valence-electron chi connectivity index (χ2n) is 6.21. The quantitative estimate of drug-likeness (QED) is 0.743. The molecule has 0 saturated carbocycles. The lowest BCUT2D eigenvalue weighted by Gasteiger charge is -2.26. The number of sulfone groups is 1. The molecule has 1 atom stereocenters. The number of nitrogens with one attached hydrogen (secondary N) is 1. The van der Waals surface area contributed by atoms with Gasteiger partial charge in [0.05, 0.1) is 10.9 Å². The van der Waals surface area contributed by atoms with Crippen molar-refractivity contribution in [2.75, 3.05) is 19.8 Å². The predicted molar refractivity (Wildman–Crippen MR) is 110 cm³/mol. The van der Waals surface area contributed by atoms with Gasteiger partial charge in [-0.2, -0.15) is 0 Å². The van der Waals surface area contributed by atoms with E-state index in [9.17, 15) is 18.0 Å². The summed E-state index contributed by atoms with van der Waals surface area (Å²) in [5.74, 6) is -1.55. The van der Waals surface area contributed by atoms with Crippen LogP contribution in [0.3, 0.4) is 0 Å². The molecule has 2 aromatic rings. The molecule has 150 valence electrons. The van der Waals surface area contributed by atoms with Gasteiger partial charge >= 0.3 is 0 Å². The Bertz CT molecular complexity index is 991. The molecule has 2 aromatic carbocycles. The largest absolute Gasteiger partial charge is 0.358 e. The highest BCUT2D eigenvalue weighted by molar-refractivity contribution is 7.92. The zero-order chi connectivity index (χ0) is 21.1. The fourth-order valence-electron chi connectivity index (χ4n) is 2.56. The van der Waals surface area contributed by atoms with Crippen molar-refractivity contribution in [2.45, 2.75) is 17.9 Å². The lowest BCUT2D eigenvalue weighted by Crippen LogP contribution is -2.30. The molecule has 0 aliphatic rings. The number of nitrogens with zero attached hydrogens (tertiary/aromatic N) is 1. The maximum atomic E-state index is 12.8. The Morgan fingerprint density at radius 1 is 1.11 bits per heavy atom. The molecule has 2 rings (SSSR count). The molecule has 0 aliphatic heterocycles. The number of hydrogen-bond donors (Lipinski definition) is 1. The van der Waals surface area contributed by atoms with Crippen molar-refractivity contribution in [3.8, 4) is 0 Å². The van der Waals surface area contributed by atoms with Crippen LogP contribution < -0.4 is 5.32 Å². The van der Waals surface area contributed by atoms with E-state index < -0.39 is 21.5 Å². The van der Waals surface area contributed by atoms with Crippen molar-refractivity contribution in [2.24, 2.45) is 0 Å². The summed E-state index contributed by atoms with van der Waals surface area (Å²) in [4.78, 5) is 25.6. The van der Waals surface area contributed by atoms with Gasteiger partial charge in [0.15, 0.2) is 9.84 Å². The van der Waals surface area contributed by atoms with Gasteiger partial charge in [0, 0.05) is 29.7 Å². The van der Waals surface area contributed by atoms with Gasteiger partial charge in [0.2, 0.25) is 5.91 Å². The molecule has 0 bridgehead atoms. The summed E-state index contributed by atoms with van der Waals surface area (Å²) in [5, 5.41) is 3.23. The predicted octanol–water partition coefficient (Wildman–Crippen LogP) is 3.35. The average Bonchev–Trinajstić information content (AvgIpc) is 2.66. The Morgan fingerprint density at radius 2 is 1.71 bits per heavy atom. The van der Waals surface area contributed by atoms with Gasteiger partial charge in [0.1, 0.15) is 5.75 Å². The minimum absolute atomic E-state index is 0.0240. The SMILES string of the molecule is CNC(=O)CS(=O)(=O)c1ccc(C(=O)N(C)C(C)c2ccc(Cl)cc2Cl)cc1. The van der Waals surface area contributed by atoms with Crippen LogP contribution in [0.1, 0.15) is 28.9 Å². The molecular formula is C19H20Cl2N2O4S. The first-order valence-corrected chi connectivity index (χ1v) is 10.7. The highest BCUT2D eigenvalue weighted by Gasteiger charge is 2.23. The second-order valence-corrected chi connectivity index (χ2v) is 9.05. The van der Waals surface area contributed by atoms with E-state index in [1.165, 1.54) is 36.2 Å². The summed E-state index contributed by atoms with van der Waals surface area (Å²) in [6.07, 6.45) is 0. The first-order valence-electron chi connectivity index (χ1n) is 8.32. The highest BCUT2D eigenvalue weighted by Crippen LogP contribution is 2.30. The Morgan fingerprint density at radius 3 is 2.25 bits per heavy atom. The van der Waals surface area contributed by atoms with E-state index in [2.05, 4.69) is 5.32 Å². The molecule has 2 amide bonds. The number of halogens is 2. The molecule has 0 saturated heterocycles. The van der Waals surface area contributed by atoms with Crippen LogP contribution in [-0.2, 0) is 14.6 Å². The second kappa shape index (κ2) is 8.94. The summed E-state index contributed by atoms with van der Waals surface area (Å²) in [6, 6.07) is 10.2. The van der Waals surface area contributed by atoms with Gasteiger partial charge < -0.3 is 10.2 Å². The third-order valence-corrected chi connectivity index (χ3v) is 6.57. The van der Waals surface area contributed by atoms with Crippen LogP contribution >= 0.6 is 23.2 Å². The summed E-state index contributed by atoms with van der Waals surface area (Å²) in [5.41, 5.74) is 1.06. The topological polar surface area (TPSA) is 83.5 Å². The van der Waals surface area contributed by atoms with Crippen LogP contribution in [-0.4, -0.2) is 45.0 Å². The van der Waals surface area contributed by atoms with Crippen molar-refractivity contribution in [1.29, 1.82) is 0 Å². The fourth-order valence-corrected chi connectivity index (χ4v) is 4.33. The lowest BCUT2D eigenvalue weighted by molar-refractivity contribution is -0.118. The summed E-state index contributed by atoms with van der Waals surface area (Å²) >= 11 is 12.1. The van der Waals surface area contributed by atoms with E-state index in [0.29, 0.717) is 15.6 Å². The summed E-state index contributed by atoms with van der Waals surface area (Å²) in [6.45, 7) is 1.83. The standard InChI is InChI=1S/C19H20Cl2N2O4S/c1-12(16-9-6-14(20)10-17(16)21)23(3)19(25)13-4-7-15(8-5-13)28(26,27)11-18(24)22-2/h4-10,12H,11H2,1-3H3,(H,22,24). The summed E-state index contributed by atoms with van der Waals surface area (Å²) < 4.78 is 24.4. The first-order chi connectivity index (χ1) is 13.1. The van der Waals surface area contributed by atoms with Crippen molar-refractivity contribution in [1.82, 2.24) is 10.2 Å². The number of benzene rings is 2. The van der Waals surface area contributed by atoms with Crippen LogP contribution in [0, 0.1) is 0 Å². The molecule has 0 fully saturated rings. The average molecular weight is 443 g/mol. The monoisotopic (exact) mass is 442 g/mol. The van der Waals surface area contributed by atoms with Crippen LogP contribution in [0.5, 0.6) is 0 Å². The van der Waals surface area contributed by atoms with E-state index in [1.807, 2.05) is 6.92 Å². The molecule has 0 aliphatic carbocycles. The van der Waals surface area contributed by atoms with Crippen LogP contribution in [0.2, 0.25) is 10.0 Å². The van der Waals surface area contributed by atoms with E-state index in [0.717, 1.165) is 5.56 Å². The highest BCUT2D eigenvalue weighted by atomic mass is 35.5. The minimum Gasteiger partial charge on any atom is -0.358 e. The van der Waals surface area contributed by atoms with Gasteiger partial charge in [-0.1, -0.05) is 29.3 Å². The van der Waals surface area contributed by atoms with E-state index in [1.54, 1.807) is 25.2 Å². The molecule has 0 heterocycles. The molecule has 0 aromatic heterocycles. The van der Waals surface area contributed by atoms with E-state index >= 15 is 0 Å². The van der Waals surface area contributed by atoms with E-state index in [-0.39, 0.29) is 16.8 Å². The molecule has 28 heavy (non-hydrogen) atoms. The normalized spacial score (nSPS) is 12.3. The van der Waals surface area contributed by atoms with Gasteiger partial charge in [-0.25, -0.2) is 8.42 Å². The molecule has 9 heteroatoms. The number of rotatable bonds is 6. The van der Waals surface area contributed by atoms with Gasteiger partial charge in [-0.05, 0) is 48.9 Å². The Balaban J connectivity index is 2.21. The third kappa shape index (κ3) is 5.04. The van der Waals surface area contributed by atoms with Gasteiger partial charge in [0.25, 0.3) is 5.91 Å². The number of amides is 2. The maximum absolute atomic E-state index is 12.8. The van der Waals surface area contributed by atoms with Crippen molar-refractivity contribution in [3.05, 3.63) is 63.6 Å². The molecule has 1 unspecified atom stereocenters. The minimum atomic E-state index is -3.77. The zero-order valence-electron chi connectivity index (χ0n) is 15.6. The zero-order valence-corrected chi connectivity index (χ0v) is 17.9. The maximum Gasteiger partial charge on any atom is 0.254 e. The number of hydrogen-bond acceptors (Lipinski definition) is 4. The smallest absolute Gasteiger partial charge is 0.254 e. The number of carbonyl (C=O) groups excluding carboxylic acids is 2. The molecular weight excluding hydrogens is 423 g/mol. The molecule has 1 N–H and O–H groups in total. The van der Waals surface area contributed by atoms with Gasteiger partial charge in [-0.3, -0.25) is 9.59 Å². The Hall–Kier alpha value is -2.09. The van der Waals surface area contributed by atoms with Crippen molar-refractivity contribution in [3.63, 3.8) is 0 Å². The van der Waals surface area contributed by atoms with Crippen molar-refractivity contribution < 1.29 is 18.0 Å². The van der Waals surface area contributed by atoms with Crippen LogP contribution in [0.25, 0.3) is 0 Å². The molecule has 6 nitrogen and oxygen atoms in total. The summed E-state index contributed by atoms with van der Waals surface area (Å²) in [7, 11) is -0.772. The fraction of sp³-hybridized carbons (Fsp3) is 0.263. The molecule has 0 radical (unpaired) electrons. The van der Waals surface area contributed by atoms with Crippen LogP contribution in [0.15, 0.2) is 47.4 Å². The van der Waals surface area contributed by atoms with Gasteiger partial charge in [-0.15, -0.1) is 0 Å². The van der Waals surface area contributed by atoms with E-state index in [4.69, 9.17) is 23.2 Å². The van der Waals surface area contributed by atoms with Crippen LogP contribution in [0.4, 0.5) is 0 Å². The Kier molecular flexibility index (Phi) is 7.09. The lowest BCUT2D eigenvalue weighted by atomic mass is 10.1. The third-order valence-electron chi connectivity index (χ3n) is 4.37.